The van der Waals surface area contributed by atoms with Crippen LogP contribution in [0.5, 0.6) is 0 Å². The second-order valence-corrected chi connectivity index (χ2v) is 9.80. The van der Waals surface area contributed by atoms with Crippen molar-refractivity contribution in [3.05, 3.63) is 45.8 Å². The molecular formula is C11H15FN2O14P3+. The van der Waals surface area contributed by atoms with Crippen molar-refractivity contribution in [1.82, 2.24) is 9.55 Å². The van der Waals surface area contributed by atoms with Crippen molar-refractivity contribution < 1.29 is 60.8 Å². The number of ether oxygens (including phenoxy) is 1. The van der Waals surface area contributed by atoms with Crippen LogP contribution in [-0.2, 0) is 36.3 Å². The Morgan fingerprint density at radius 3 is 2.58 bits per heavy atom. The second kappa shape index (κ2) is 9.58. The predicted molar refractivity (Wildman–Crippen MR) is 94.4 cm³/mol. The van der Waals surface area contributed by atoms with Gasteiger partial charge >= 0.3 is 29.6 Å². The monoisotopic (exact) mass is 511 g/mol. The summed E-state index contributed by atoms with van der Waals surface area (Å²) in [4.78, 5) is 42.8. The van der Waals surface area contributed by atoms with Gasteiger partial charge in [-0.2, -0.15) is 4.31 Å². The van der Waals surface area contributed by atoms with Crippen LogP contribution >= 0.6 is 23.9 Å². The topological polar surface area (TPSA) is 233 Å². The number of phosphoric acid groups is 2. The fourth-order valence-electron chi connectivity index (χ4n) is 2.39. The molecule has 2 heterocycles. The summed E-state index contributed by atoms with van der Waals surface area (Å²) in [5, 5.41) is 18.2. The molecule has 5 N–H and O–H groups in total. The standard InChI is InChI=1S/C11H14FN2O14P3/c1-2-11(5-24-29(19)27-31(22,23)28-30(20,21)26-18)8(16)7(12)9(25-11)14-4-3-6(15)13-10(14)17/h2-4,7-9,16H,1,5H2,(H3-,13,15,17,18,20,21,22,23)/p+1/t7-,8-,9+,11+/m0/s1. The highest BCUT2D eigenvalue weighted by molar-refractivity contribution is 7.64. The molecule has 16 nitrogen and oxygen atoms in total. The third kappa shape index (κ3) is 6.08. The lowest BCUT2D eigenvalue weighted by Gasteiger charge is -2.25. The molecule has 1 aromatic rings. The summed E-state index contributed by atoms with van der Waals surface area (Å²) in [5.41, 5.74) is -4.01. The summed E-state index contributed by atoms with van der Waals surface area (Å²) in [5.74, 6) is 0. The van der Waals surface area contributed by atoms with Gasteiger partial charge in [0.2, 0.25) is 0 Å². The van der Waals surface area contributed by atoms with E-state index in [9.17, 15) is 37.7 Å². The number of aliphatic hydroxyl groups is 1. The van der Waals surface area contributed by atoms with Gasteiger partial charge in [0.1, 0.15) is 18.3 Å². The highest BCUT2D eigenvalue weighted by Crippen LogP contribution is 2.63. The number of aromatic nitrogens is 2. The molecule has 1 aromatic heterocycles. The Morgan fingerprint density at radius 1 is 1.39 bits per heavy atom. The Labute approximate surface area is 171 Å². The smallest absolute Gasteiger partial charge is 0.386 e. The van der Waals surface area contributed by atoms with Gasteiger partial charge in [-0.05, 0) is 4.31 Å². The van der Waals surface area contributed by atoms with Gasteiger partial charge in [0.15, 0.2) is 12.4 Å². The van der Waals surface area contributed by atoms with Crippen LogP contribution in [0.2, 0.25) is 0 Å². The van der Waals surface area contributed by atoms with Gasteiger partial charge in [-0.25, -0.2) is 23.6 Å². The fourth-order valence-corrected chi connectivity index (χ4v) is 5.11. The number of hydrogen-bond acceptors (Lipinski definition) is 12. The lowest BCUT2D eigenvalue weighted by atomic mass is 9.97. The Hall–Kier alpha value is -1.45. The van der Waals surface area contributed by atoms with Crippen LogP contribution in [0.15, 0.2) is 34.5 Å². The maximum atomic E-state index is 14.6. The molecule has 31 heavy (non-hydrogen) atoms. The maximum Gasteiger partial charge on any atom is 0.708 e. The Bertz CT molecular complexity index is 1060. The molecule has 1 fully saturated rings. The van der Waals surface area contributed by atoms with Gasteiger partial charge in [-0.3, -0.25) is 19.2 Å². The molecule has 20 heteroatoms. The Balaban J connectivity index is 2.14. The third-order valence-corrected chi connectivity index (χ3v) is 7.32. The summed E-state index contributed by atoms with van der Waals surface area (Å²) in [6.07, 6.45) is -4.40. The van der Waals surface area contributed by atoms with Crippen LogP contribution < -0.4 is 11.2 Å². The van der Waals surface area contributed by atoms with E-state index >= 15 is 0 Å². The van der Waals surface area contributed by atoms with Crippen LogP contribution in [0.25, 0.3) is 0 Å². The van der Waals surface area contributed by atoms with Gasteiger partial charge in [0.25, 0.3) is 5.56 Å². The molecule has 1 aliphatic heterocycles. The van der Waals surface area contributed by atoms with E-state index in [-0.39, 0.29) is 0 Å². The quantitative estimate of drug-likeness (QED) is 0.121. The lowest BCUT2D eigenvalue weighted by Crippen LogP contribution is -2.43. The average molecular weight is 511 g/mol. The van der Waals surface area contributed by atoms with Gasteiger partial charge < -0.3 is 14.7 Å². The van der Waals surface area contributed by atoms with Crippen molar-refractivity contribution in [2.75, 3.05) is 6.61 Å². The van der Waals surface area contributed by atoms with Crippen LogP contribution in [0.1, 0.15) is 6.23 Å². The van der Waals surface area contributed by atoms with Crippen LogP contribution in [0, 0.1) is 0 Å². The van der Waals surface area contributed by atoms with E-state index < -0.39 is 65.9 Å². The number of H-pyrrole nitrogens is 1. The van der Waals surface area contributed by atoms with E-state index in [1.165, 1.54) is 0 Å². The van der Waals surface area contributed by atoms with E-state index in [0.717, 1.165) is 18.3 Å². The molecule has 0 aromatic carbocycles. The van der Waals surface area contributed by atoms with Crippen molar-refractivity contribution in [3.63, 3.8) is 0 Å². The number of aliphatic hydroxyl groups excluding tert-OH is 1. The summed E-state index contributed by atoms with van der Waals surface area (Å²) < 4.78 is 69.6. The number of nitrogens with zero attached hydrogens (tertiary/aromatic N) is 1. The van der Waals surface area contributed by atoms with Crippen LogP contribution in [0.4, 0.5) is 4.39 Å². The van der Waals surface area contributed by atoms with Crippen molar-refractivity contribution in [2.24, 2.45) is 0 Å². The Morgan fingerprint density at radius 2 is 2.03 bits per heavy atom. The Kier molecular flexibility index (Phi) is 7.98. The van der Waals surface area contributed by atoms with E-state index in [2.05, 4.69) is 24.4 Å². The molecule has 174 valence electrons. The largest absolute Gasteiger partial charge is 0.708 e. The number of nitrogens with one attached hydrogen (secondary N) is 1. The molecule has 0 amide bonds. The average Bonchev–Trinajstić information content (AvgIpc) is 2.91. The van der Waals surface area contributed by atoms with E-state index in [1.54, 1.807) is 0 Å². The van der Waals surface area contributed by atoms with Crippen molar-refractivity contribution >= 4 is 23.9 Å². The molecule has 3 unspecified atom stereocenters. The normalized spacial score (nSPS) is 30.4. The van der Waals surface area contributed by atoms with Crippen molar-refractivity contribution in [3.8, 4) is 0 Å². The van der Waals surface area contributed by atoms with Crippen LogP contribution in [0.3, 0.4) is 0 Å². The molecule has 0 aliphatic carbocycles. The molecule has 1 aliphatic rings. The molecule has 0 radical (unpaired) electrons. The predicted octanol–water partition coefficient (Wildman–Crippen LogP) is 0.0868. The van der Waals surface area contributed by atoms with E-state index in [1.807, 2.05) is 4.98 Å². The first kappa shape index (κ1) is 25.8. The minimum atomic E-state index is -5.57. The van der Waals surface area contributed by atoms with E-state index in [0.29, 0.717) is 4.57 Å². The summed E-state index contributed by atoms with van der Waals surface area (Å²) in [7, 11) is -14.6. The maximum absolute atomic E-state index is 14.6. The SMILES string of the molecule is C=C[C@]1(CO[P+](=O)OP(=O)(O)OP(=O)(O)OO)O[C@@H](n2ccc(=O)[nH]c2=O)[C@@H](F)[C@@H]1O. The number of rotatable bonds is 10. The highest BCUT2D eigenvalue weighted by atomic mass is 31.3. The number of aromatic amines is 1. The molecule has 0 saturated carbocycles. The van der Waals surface area contributed by atoms with Gasteiger partial charge in [-0.15, -0.1) is 15.8 Å². The third-order valence-electron chi connectivity index (χ3n) is 3.76. The number of alkyl halides is 1. The molecule has 0 spiro atoms. The number of hydrogen-bond donors (Lipinski definition) is 5. The highest BCUT2D eigenvalue weighted by Gasteiger charge is 2.57. The molecule has 2 rings (SSSR count). The first-order valence-electron chi connectivity index (χ1n) is 7.71. The first-order valence-corrected chi connectivity index (χ1v) is 11.8. The van der Waals surface area contributed by atoms with Crippen LogP contribution in [-0.4, -0.2) is 54.2 Å². The minimum Gasteiger partial charge on any atom is -0.386 e. The molecule has 1 saturated heterocycles. The van der Waals surface area contributed by atoms with Crippen molar-refractivity contribution in [1.29, 1.82) is 0 Å². The summed E-state index contributed by atoms with van der Waals surface area (Å²) >= 11 is 0. The van der Waals surface area contributed by atoms with Gasteiger partial charge in [0.05, 0.1) is 0 Å². The van der Waals surface area contributed by atoms with Crippen molar-refractivity contribution in [2.45, 2.75) is 24.1 Å². The summed E-state index contributed by atoms with van der Waals surface area (Å²) in [6.45, 7) is 2.30. The second-order valence-electron chi connectivity index (χ2n) is 5.75. The fraction of sp³-hybridized carbons (Fsp3) is 0.455. The zero-order valence-electron chi connectivity index (χ0n) is 14.9. The molecular weight excluding hydrogens is 496 g/mol. The molecule has 7 atom stereocenters. The minimum absolute atomic E-state index is 0.612. The van der Waals surface area contributed by atoms with E-state index in [4.69, 9.17) is 14.9 Å². The summed E-state index contributed by atoms with van der Waals surface area (Å²) in [6, 6.07) is 0.883. The zero-order valence-corrected chi connectivity index (χ0v) is 17.6. The molecule has 0 bridgehead atoms. The van der Waals surface area contributed by atoms with Gasteiger partial charge in [-0.1, -0.05) is 6.08 Å². The van der Waals surface area contributed by atoms with Gasteiger partial charge in [0, 0.05) is 16.8 Å². The zero-order chi connectivity index (χ0) is 23.6. The first-order chi connectivity index (χ1) is 14.3. The number of halogens is 1. The lowest BCUT2D eigenvalue weighted by molar-refractivity contribution is -0.157.